The van der Waals surface area contributed by atoms with Gasteiger partial charge in [-0.1, -0.05) is 12.1 Å². The Morgan fingerprint density at radius 3 is 2.69 bits per heavy atom. The minimum absolute atomic E-state index is 0.0901. The Labute approximate surface area is 158 Å². The monoisotopic (exact) mass is 368 g/mol. The summed E-state index contributed by atoms with van der Waals surface area (Å²) in [4.78, 5) is 11.9. The van der Waals surface area contributed by atoms with E-state index in [9.17, 15) is 0 Å². The summed E-state index contributed by atoms with van der Waals surface area (Å²) in [5, 5.41) is 8.85. The lowest BCUT2D eigenvalue weighted by atomic mass is 9.88. The van der Waals surface area contributed by atoms with Crippen LogP contribution in [0.1, 0.15) is 12.8 Å². The molecule has 1 aromatic carbocycles. The number of likely N-dealkylation sites (N-methyl/N-ethyl adjacent to an activating group) is 1. The predicted octanol–water partition coefficient (Wildman–Crippen LogP) is 3.88. The topological polar surface area (TPSA) is 50.3 Å². The molecule has 0 bridgehead atoms. The molecule has 0 radical (unpaired) electrons. The molecule has 0 aliphatic carbocycles. The van der Waals surface area contributed by atoms with Crippen molar-refractivity contribution in [1.29, 1.82) is 0 Å². The number of anilines is 1. The Hall–Kier alpha value is -2.02. The molecule has 3 heterocycles. The van der Waals surface area contributed by atoms with Gasteiger partial charge in [-0.05, 0) is 50.5 Å². The van der Waals surface area contributed by atoms with Crippen molar-refractivity contribution in [3.05, 3.63) is 41.1 Å². The maximum Gasteiger partial charge on any atom is 0.162 e. The summed E-state index contributed by atoms with van der Waals surface area (Å²) in [6.07, 6.45) is 2.04. The Morgan fingerprint density at radius 1 is 1.15 bits per heavy atom. The van der Waals surface area contributed by atoms with E-state index in [2.05, 4.69) is 47.2 Å². The number of rotatable bonds is 5. The summed E-state index contributed by atoms with van der Waals surface area (Å²) in [5.74, 6) is 1.68. The molecule has 1 aliphatic rings. The first-order chi connectivity index (χ1) is 12.7. The van der Waals surface area contributed by atoms with Crippen LogP contribution in [0, 0.1) is 0 Å². The number of benzene rings is 1. The zero-order valence-corrected chi connectivity index (χ0v) is 16.1. The third-order valence-corrected chi connectivity index (χ3v) is 6.02. The number of thiophene rings is 1. The third kappa shape index (κ3) is 3.32. The first-order valence-electron chi connectivity index (χ1n) is 8.96. The van der Waals surface area contributed by atoms with E-state index in [0.29, 0.717) is 0 Å². The van der Waals surface area contributed by atoms with Crippen molar-refractivity contribution in [2.45, 2.75) is 18.4 Å². The number of nitrogens with one attached hydrogen (secondary N) is 1. The number of aromatic nitrogens is 2. The second-order valence-electron chi connectivity index (χ2n) is 7.01. The van der Waals surface area contributed by atoms with Crippen molar-refractivity contribution in [3.63, 3.8) is 0 Å². The van der Waals surface area contributed by atoms with E-state index in [1.807, 2.05) is 18.2 Å². The van der Waals surface area contributed by atoms with Crippen molar-refractivity contribution in [2.24, 2.45) is 0 Å². The van der Waals surface area contributed by atoms with E-state index in [1.165, 1.54) is 0 Å². The van der Waals surface area contributed by atoms with Gasteiger partial charge in [-0.25, -0.2) is 9.97 Å². The molecule has 6 heteroatoms. The summed E-state index contributed by atoms with van der Waals surface area (Å²) in [7, 11) is 4.31. The van der Waals surface area contributed by atoms with Crippen LogP contribution in [0.25, 0.3) is 22.3 Å². The van der Waals surface area contributed by atoms with E-state index in [1.54, 1.807) is 11.3 Å². The lowest BCUT2D eigenvalue weighted by molar-refractivity contribution is -0.000650. The van der Waals surface area contributed by atoms with Gasteiger partial charge in [-0.3, -0.25) is 0 Å². The van der Waals surface area contributed by atoms with Gasteiger partial charge in [0.05, 0.1) is 5.52 Å². The summed E-state index contributed by atoms with van der Waals surface area (Å²) < 4.78 is 5.59. The SMILES string of the molecule is CN(C)C1(CNc2nc(-c3ccsc3)nc3ccccc23)CCOCC1. The van der Waals surface area contributed by atoms with E-state index in [4.69, 9.17) is 14.7 Å². The van der Waals surface area contributed by atoms with E-state index < -0.39 is 0 Å². The molecule has 0 amide bonds. The molecular weight excluding hydrogens is 344 g/mol. The van der Waals surface area contributed by atoms with Crippen LogP contribution >= 0.6 is 11.3 Å². The lowest BCUT2D eigenvalue weighted by Gasteiger charge is -2.43. The molecule has 1 fully saturated rings. The number of hydrogen-bond donors (Lipinski definition) is 1. The van der Waals surface area contributed by atoms with Gasteiger partial charge >= 0.3 is 0 Å². The first kappa shape index (κ1) is 17.4. The zero-order valence-electron chi connectivity index (χ0n) is 15.2. The van der Waals surface area contributed by atoms with Crippen molar-refractivity contribution < 1.29 is 4.74 Å². The highest BCUT2D eigenvalue weighted by Gasteiger charge is 2.34. The van der Waals surface area contributed by atoms with Crippen LogP contribution in [0.5, 0.6) is 0 Å². The third-order valence-electron chi connectivity index (χ3n) is 5.34. The molecule has 1 saturated heterocycles. The molecule has 0 saturated carbocycles. The Kier molecular flexibility index (Phi) is 4.89. The average Bonchev–Trinajstić information content (AvgIpc) is 3.21. The molecule has 26 heavy (non-hydrogen) atoms. The smallest absolute Gasteiger partial charge is 0.162 e. The molecular formula is C20H24N4OS. The van der Waals surface area contributed by atoms with Gasteiger partial charge in [0.2, 0.25) is 0 Å². The molecule has 1 aliphatic heterocycles. The van der Waals surface area contributed by atoms with Crippen LogP contribution in [0.15, 0.2) is 41.1 Å². The van der Waals surface area contributed by atoms with Crippen LogP contribution in [0.2, 0.25) is 0 Å². The van der Waals surface area contributed by atoms with Crippen LogP contribution in [-0.2, 0) is 4.74 Å². The van der Waals surface area contributed by atoms with Gasteiger partial charge < -0.3 is 15.0 Å². The van der Waals surface area contributed by atoms with Crippen LogP contribution in [0.4, 0.5) is 5.82 Å². The van der Waals surface area contributed by atoms with E-state index in [0.717, 1.165) is 60.7 Å². The predicted molar refractivity (Wildman–Crippen MR) is 108 cm³/mol. The normalized spacial score (nSPS) is 16.9. The highest BCUT2D eigenvalue weighted by Crippen LogP contribution is 2.29. The average molecular weight is 369 g/mol. The van der Waals surface area contributed by atoms with Gasteiger partial charge in [0.15, 0.2) is 5.82 Å². The molecule has 2 aromatic heterocycles. The molecule has 3 aromatic rings. The van der Waals surface area contributed by atoms with Gasteiger partial charge in [0.25, 0.3) is 0 Å². The van der Waals surface area contributed by atoms with E-state index in [-0.39, 0.29) is 5.54 Å². The number of para-hydroxylation sites is 1. The van der Waals surface area contributed by atoms with Gasteiger partial charge in [0, 0.05) is 41.6 Å². The zero-order chi connectivity index (χ0) is 18.0. The van der Waals surface area contributed by atoms with Crippen molar-refractivity contribution in [1.82, 2.24) is 14.9 Å². The molecule has 136 valence electrons. The minimum Gasteiger partial charge on any atom is -0.381 e. The second kappa shape index (κ2) is 7.31. The quantitative estimate of drug-likeness (QED) is 0.741. The highest BCUT2D eigenvalue weighted by molar-refractivity contribution is 7.08. The highest BCUT2D eigenvalue weighted by atomic mass is 32.1. The summed E-state index contributed by atoms with van der Waals surface area (Å²) in [5.41, 5.74) is 2.13. The Morgan fingerprint density at radius 2 is 1.96 bits per heavy atom. The molecule has 5 nitrogen and oxygen atoms in total. The molecule has 0 atom stereocenters. The molecule has 1 N–H and O–H groups in total. The Bertz CT molecular complexity index is 873. The first-order valence-corrected chi connectivity index (χ1v) is 9.91. The lowest BCUT2D eigenvalue weighted by Crippen LogP contribution is -2.53. The fourth-order valence-electron chi connectivity index (χ4n) is 3.51. The van der Waals surface area contributed by atoms with Gasteiger partial charge in [-0.15, -0.1) is 0 Å². The maximum absolute atomic E-state index is 5.59. The van der Waals surface area contributed by atoms with Crippen molar-refractivity contribution >= 4 is 28.1 Å². The van der Waals surface area contributed by atoms with Gasteiger partial charge in [0.1, 0.15) is 5.82 Å². The summed E-state index contributed by atoms with van der Waals surface area (Å²) >= 11 is 1.66. The summed E-state index contributed by atoms with van der Waals surface area (Å²) in [6.45, 7) is 2.46. The fraction of sp³-hybridized carbons (Fsp3) is 0.400. The largest absolute Gasteiger partial charge is 0.381 e. The maximum atomic E-state index is 5.59. The summed E-state index contributed by atoms with van der Waals surface area (Å²) in [6, 6.07) is 10.3. The van der Waals surface area contributed by atoms with Crippen molar-refractivity contribution in [3.8, 4) is 11.4 Å². The standard InChI is InChI=1S/C20H24N4OS/c1-24(2)20(8-10-25-11-9-20)14-21-19-16-5-3-4-6-17(16)22-18(23-19)15-7-12-26-13-15/h3-7,12-13H,8-11,14H2,1-2H3,(H,21,22,23). The second-order valence-corrected chi connectivity index (χ2v) is 7.79. The number of hydrogen-bond acceptors (Lipinski definition) is 6. The molecule has 0 unspecified atom stereocenters. The van der Waals surface area contributed by atoms with Crippen LogP contribution in [-0.4, -0.2) is 54.3 Å². The minimum atomic E-state index is 0.0901. The molecule has 0 spiro atoms. The number of fused-ring (bicyclic) bond motifs is 1. The number of nitrogens with zero attached hydrogens (tertiary/aromatic N) is 3. The fourth-order valence-corrected chi connectivity index (χ4v) is 4.15. The Balaban J connectivity index is 1.69. The molecule has 4 rings (SSSR count). The van der Waals surface area contributed by atoms with E-state index >= 15 is 0 Å². The van der Waals surface area contributed by atoms with Crippen LogP contribution < -0.4 is 5.32 Å². The van der Waals surface area contributed by atoms with Crippen LogP contribution in [0.3, 0.4) is 0 Å². The number of ether oxygens (including phenoxy) is 1. The van der Waals surface area contributed by atoms with Gasteiger partial charge in [-0.2, -0.15) is 11.3 Å². The van der Waals surface area contributed by atoms with Crippen molar-refractivity contribution in [2.75, 3.05) is 39.2 Å².